The highest BCUT2D eigenvalue weighted by atomic mass is 35.5. The van der Waals surface area contributed by atoms with Crippen molar-refractivity contribution in [2.24, 2.45) is 0 Å². The topological polar surface area (TPSA) is 115 Å². The molecule has 1 spiro atoms. The van der Waals surface area contributed by atoms with Crippen LogP contribution in [0.1, 0.15) is 49.4 Å². The van der Waals surface area contributed by atoms with Gasteiger partial charge >= 0.3 is 6.16 Å². The van der Waals surface area contributed by atoms with Crippen LogP contribution in [0, 0.1) is 0 Å². The van der Waals surface area contributed by atoms with E-state index in [1.807, 2.05) is 43.3 Å². The number of aryl methyl sites for hydroxylation is 1. The summed E-state index contributed by atoms with van der Waals surface area (Å²) in [5, 5.41) is 32.9. The predicted molar refractivity (Wildman–Crippen MR) is 132 cm³/mol. The van der Waals surface area contributed by atoms with Gasteiger partial charge in [0.05, 0.1) is 12.7 Å². The van der Waals surface area contributed by atoms with E-state index in [9.17, 15) is 20.1 Å². The minimum Gasteiger partial charge on any atom is -0.494 e. The third-order valence-corrected chi connectivity index (χ3v) is 7.07. The Hall–Kier alpha value is -2.36. The Morgan fingerprint density at radius 1 is 1.17 bits per heavy atom. The fraction of sp³-hybridized carbons (Fsp3) is 0.519. The van der Waals surface area contributed by atoms with Crippen molar-refractivity contribution >= 4 is 17.8 Å². The molecule has 0 bridgehead atoms. The van der Waals surface area contributed by atoms with Crippen LogP contribution in [0.5, 0.6) is 5.75 Å². The van der Waals surface area contributed by atoms with E-state index in [4.69, 9.17) is 30.5 Å². The molecule has 5 atom stereocenters. The average molecular weight is 521 g/mol. The number of aliphatic hydroxyl groups is 3. The van der Waals surface area contributed by atoms with E-state index in [1.165, 1.54) is 0 Å². The maximum atomic E-state index is 11.9. The molecule has 1 aliphatic carbocycles. The van der Waals surface area contributed by atoms with Gasteiger partial charge in [0.15, 0.2) is 0 Å². The quantitative estimate of drug-likeness (QED) is 0.475. The summed E-state index contributed by atoms with van der Waals surface area (Å²) in [5.74, 6) is 0.789. The first-order chi connectivity index (χ1) is 17.1. The molecule has 1 aliphatic heterocycles. The molecule has 9 heteroatoms. The van der Waals surface area contributed by atoms with Gasteiger partial charge in [-0.1, -0.05) is 29.8 Å². The van der Waals surface area contributed by atoms with Crippen LogP contribution in [0.4, 0.5) is 4.79 Å². The molecule has 1 saturated heterocycles. The first kappa shape index (κ1) is 26.7. The molecular weight excluding hydrogens is 488 g/mol. The van der Waals surface area contributed by atoms with Crippen LogP contribution >= 0.6 is 11.6 Å². The van der Waals surface area contributed by atoms with Crippen molar-refractivity contribution < 1.29 is 39.1 Å². The Kier molecular flexibility index (Phi) is 8.12. The summed E-state index contributed by atoms with van der Waals surface area (Å²) in [6.45, 7) is 5.56. The van der Waals surface area contributed by atoms with Gasteiger partial charge in [-0.3, -0.25) is 0 Å². The summed E-state index contributed by atoms with van der Waals surface area (Å²) >= 11 is 6.62. The Labute approximate surface area is 215 Å². The van der Waals surface area contributed by atoms with Crippen LogP contribution < -0.4 is 4.74 Å². The summed E-state index contributed by atoms with van der Waals surface area (Å²) in [6, 6.07) is 11.5. The first-order valence-corrected chi connectivity index (χ1v) is 12.6. The molecule has 2 aliphatic rings. The number of carbonyl (C=O) groups excluding carboxylic acids is 1. The molecule has 3 N–H and O–H groups in total. The van der Waals surface area contributed by atoms with E-state index in [2.05, 4.69) is 0 Å². The number of hydrogen-bond donors (Lipinski definition) is 3. The number of rotatable bonds is 7. The normalized spacial score (nSPS) is 27.2. The van der Waals surface area contributed by atoms with Crippen LogP contribution in [0.25, 0.3) is 0 Å². The van der Waals surface area contributed by atoms with Crippen molar-refractivity contribution in [3.8, 4) is 5.75 Å². The molecule has 36 heavy (non-hydrogen) atoms. The minimum absolute atomic E-state index is 0.333. The maximum Gasteiger partial charge on any atom is 0.508 e. The zero-order valence-electron chi connectivity index (χ0n) is 20.6. The van der Waals surface area contributed by atoms with E-state index in [0.717, 1.165) is 22.4 Å². The zero-order chi connectivity index (χ0) is 26.0. The van der Waals surface area contributed by atoms with Gasteiger partial charge in [0.25, 0.3) is 0 Å². The third kappa shape index (κ3) is 5.33. The molecule has 0 amide bonds. The second-order valence-corrected chi connectivity index (χ2v) is 9.96. The Morgan fingerprint density at radius 2 is 1.89 bits per heavy atom. The van der Waals surface area contributed by atoms with Crippen LogP contribution in [0.3, 0.4) is 0 Å². The van der Waals surface area contributed by atoms with Gasteiger partial charge in [0, 0.05) is 5.02 Å². The molecule has 8 nitrogen and oxygen atoms in total. The van der Waals surface area contributed by atoms with Crippen LogP contribution in [0.2, 0.25) is 5.02 Å². The fourth-order valence-electron chi connectivity index (χ4n) is 4.97. The second kappa shape index (κ2) is 10.9. The van der Waals surface area contributed by atoms with Crippen molar-refractivity contribution in [2.75, 3.05) is 13.2 Å². The molecule has 0 saturated carbocycles. The zero-order valence-corrected chi connectivity index (χ0v) is 21.4. The van der Waals surface area contributed by atoms with Gasteiger partial charge in [-0.2, -0.15) is 0 Å². The van der Waals surface area contributed by atoms with E-state index in [0.29, 0.717) is 36.5 Å². The Bertz CT molecular complexity index is 1070. The van der Waals surface area contributed by atoms with Gasteiger partial charge < -0.3 is 34.3 Å². The lowest BCUT2D eigenvalue weighted by atomic mass is 9.80. The largest absolute Gasteiger partial charge is 0.508 e. The highest BCUT2D eigenvalue weighted by Gasteiger charge is 2.57. The van der Waals surface area contributed by atoms with Crippen molar-refractivity contribution in [1.29, 1.82) is 0 Å². The molecule has 0 aromatic heterocycles. The maximum absolute atomic E-state index is 11.9. The lowest BCUT2D eigenvalue weighted by Crippen LogP contribution is -2.63. The summed E-state index contributed by atoms with van der Waals surface area (Å²) < 4.78 is 21.8. The first-order valence-electron chi connectivity index (χ1n) is 12.2. The number of ether oxygens (including phenoxy) is 4. The van der Waals surface area contributed by atoms with E-state index in [1.54, 1.807) is 13.8 Å². The van der Waals surface area contributed by atoms with E-state index in [-0.39, 0.29) is 12.7 Å². The number of benzene rings is 2. The standard InChI is InChI=1S/C27H33ClO8/c1-4-33-19-7-5-16(6-8-19)11-18-12-20-17(13-21(18)28)9-10-27(20)25(31)24(30)23(29)22(36-27)14-34-26(32)35-15(2)3/h5-8,12-13,15,22-25,29-31H,4,9-11,14H2,1-3H3/t22-,23-,24+,25-,27+/m1/s1. The number of carbonyl (C=O) groups is 1. The van der Waals surface area contributed by atoms with Crippen LogP contribution in [0.15, 0.2) is 36.4 Å². The number of halogens is 1. The van der Waals surface area contributed by atoms with Crippen LogP contribution in [-0.2, 0) is 32.7 Å². The number of aliphatic hydroxyl groups excluding tert-OH is 3. The lowest BCUT2D eigenvalue weighted by molar-refractivity contribution is -0.279. The van der Waals surface area contributed by atoms with Crippen molar-refractivity contribution in [3.63, 3.8) is 0 Å². The second-order valence-electron chi connectivity index (χ2n) is 9.55. The fourth-order valence-corrected chi connectivity index (χ4v) is 5.22. The van der Waals surface area contributed by atoms with Crippen molar-refractivity contribution in [2.45, 2.75) is 76.2 Å². The highest BCUT2D eigenvalue weighted by molar-refractivity contribution is 6.31. The molecule has 0 unspecified atom stereocenters. The Balaban J connectivity index is 1.59. The molecule has 0 radical (unpaired) electrons. The molecule has 1 heterocycles. The third-order valence-electron chi connectivity index (χ3n) is 6.71. The SMILES string of the molecule is CCOc1ccc(Cc2cc3c(cc2Cl)CC[C@]32O[C@H](COC(=O)OC(C)C)[C@@H](O)[C@H](O)[C@H]2O)cc1. The van der Waals surface area contributed by atoms with Crippen molar-refractivity contribution in [3.05, 3.63) is 63.7 Å². The Morgan fingerprint density at radius 3 is 2.56 bits per heavy atom. The highest BCUT2D eigenvalue weighted by Crippen LogP contribution is 2.49. The number of hydrogen-bond acceptors (Lipinski definition) is 8. The molecular formula is C27H33ClO8. The smallest absolute Gasteiger partial charge is 0.494 e. The van der Waals surface area contributed by atoms with Gasteiger partial charge in [-0.25, -0.2) is 4.79 Å². The molecule has 2 aromatic rings. The molecule has 1 fully saturated rings. The van der Waals surface area contributed by atoms with Gasteiger partial charge in [-0.05, 0) is 80.5 Å². The van der Waals surface area contributed by atoms with E-state index >= 15 is 0 Å². The average Bonchev–Trinajstić information content (AvgIpc) is 3.18. The van der Waals surface area contributed by atoms with Crippen molar-refractivity contribution in [1.82, 2.24) is 0 Å². The lowest BCUT2D eigenvalue weighted by Gasteiger charge is -2.47. The summed E-state index contributed by atoms with van der Waals surface area (Å²) in [5.41, 5.74) is 2.20. The minimum atomic E-state index is -1.50. The van der Waals surface area contributed by atoms with Gasteiger partial charge in [0.2, 0.25) is 0 Å². The molecule has 4 rings (SSSR count). The van der Waals surface area contributed by atoms with E-state index < -0.39 is 36.2 Å². The summed E-state index contributed by atoms with van der Waals surface area (Å²) in [6.07, 6.45) is -5.15. The van der Waals surface area contributed by atoms with Crippen LogP contribution in [-0.4, -0.2) is 65.2 Å². The molecule has 2 aromatic carbocycles. The molecule has 196 valence electrons. The van der Waals surface area contributed by atoms with Gasteiger partial charge in [-0.15, -0.1) is 0 Å². The summed E-state index contributed by atoms with van der Waals surface area (Å²) in [7, 11) is 0. The predicted octanol–water partition coefficient (Wildman–Crippen LogP) is 3.51. The van der Waals surface area contributed by atoms with Gasteiger partial charge in [0.1, 0.15) is 42.4 Å². The number of fused-ring (bicyclic) bond motifs is 2. The summed E-state index contributed by atoms with van der Waals surface area (Å²) in [4.78, 5) is 11.9. The monoisotopic (exact) mass is 520 g/mol.